The Hall–Kier alpha value is -0.390. The first-order chi connectivity index (χ1) is 6.91. The molecule has 0 spiro atoms. The summed E-state index contributed by atoms with van der Waals surface area (Å²) in [4.78, 5) is 0. The van der Waals surface area contributed by atoms with Crippen LogP contribution in [0.25, 0.3) is 0 Å². The van der Waals surface area contributed by atoms with Gasteiger partial charge in [0.05, 0.1) is 0 Å². The van der Waals surface area contributed by atoms with Gasteiger partial charge in [0.15, 0.2) is 0 Å². The van der Waals surface area contributed by atoms with E-state index in [0.717, 1.165) is 25.7 Å². The third-order valence-corrected chi connectivity index (χ3v) is 4.04. The molecule has 0 aromatic heterocycles. The molecule has 0 aromatic rings. The topological polar surface area (TPSA) is 49.9 Å². The van der Waals surface area contributed by atoms with E-state index in [1.165, 1.54) is 11.8 Å². The second kappa shape index (κ2) is 5.09. The first-order valence-corrected chi connectivity index (χ1v) is 5.98. The largest absolute Gasteiger partial charge is 0.399 e. The molecule has 0 aromatic carbocycles. The van der Waals surface area contributed by atoms with Crippen molar-refractivity contribution in [1.82, 2.24) is 0 Å². The normalized spacial score (nSPS) is 20.5. The van der Waals surface area contributed by atoms with Crippen LogP contribution in [0, 0.1) is 11.3 Å². The highest BCUT2D eigenvalue weighted by Gasteiger charge is 2.42. The fourth-order valence-electron chi connectivity index (χ4n) is 1.65. The molecule has 1 rings (SSSR count). The van der Waals surface area contributed by atoms with Crippen molar-refractivity contribution in [3.8, 4) is 0 Å². The summed E-state index contributed by atoms with van der Waals surface area (Å²) in [5.41, 5.74) is 4.96. The summed E-state index contributed by atoms with van der Waals surface area (Å²) in [7, 11) is 0. The lowest BCUT2D eigenvalue weighted by Gasteiger charge is -2.20. The first kappa shape index (κ1) is 12.7. The van der Waals surface area contributed by atoms with Crippen LogP contribution in [0.5, 0.6) is 0 Å². The van der Waals surface area contributed by atoms with E-state index in [2.05, 4.69) is 0 Å². The summed E-state index contributed by atoms with van der Waals surface area (Å²) in [6.07, 6.45) is -0.180. The standard InChI is InChI=1S/C9H15F3N2S/c10-9(11,12)7(8(13)14)5-15-6-3-1-2-4-6/h6-7H,1-5H2,(H3,13,14). The Labute approximate surface area is 91.3 Å². The second-order valence-electron chi connectivity index (χ2n) is 3.79. The number of hydrogen-bond donors (Lipinski definition) is 2. The molecular weight excluding hydrogens is 225 g/mol. The molecule has 0 bridgehead atoms. The molecule has 2 nitrogen and oxygen atoms in total. The van der Waals surface area contributed by atoms with Crippen LogP contribution < -0.4 is 5.73 Å². The molecule has 3 N–H and O–H groups in total. The zero-order valence-electron chi connectivity index (χ0n) is 8.31. The van der Waals surface area contributed by atoms with Crippen molar-refractivity contribution in [2.45, 2.75) is 37.1 Å². The molecule has 1 fully saturated rings. The third kappa shape index (κ3) is 3.93. The third-order valence-electron chi connectivity index (χ3n) is 2.57. The molecule has 1 unspecified atom stereocenters. The fourth-order valence-corrected chi connectivity index (χ4v) is 3.15. The Balaban J connectivity index is 2.41. The Morgan fingerprint density at radius 1 is 1.40 bits per heavy atom. The van der Waals surface area contributed by atoms with Crippen molar-refractivity contribution >= 4 is 17.6 Å². The lowest BCUT2D eigenvalue weighted by atomic mass is 10.1. The number of amidine groups is 1. The van der Waals surface area contributed by atoms with Gasteiger partial charge in [-0.15, -0.1) is 0 Å². The van der Waals surface area contributed by atoms with Gasteiger partial charge in [-0.25, -0.2) is 0 Å². The minimum absolute atomic E-state index is 0.108. The van der Waals surface area contributed by atoms with Gasteiger partial charge in [0.2, 0.25) is 0 Å². The SMILES string of the molecule is N=C(N)C(CSC1CCCC1)C(F)(F)F. The lowest BCUT2D eigenvalue weighted by Crippen LogP contribution is -2.37. The Morgan fingerprint density at radius 3 is 2.33 bits per heavy atom. The van der Waals surface area contributed by atoms with Crippen molar-refractivity contribution < 1.29 is 13.2 Å². The molecule has 1 atom stereocenters. The monoisotopic (exact) mass is 240 g/mol. The molecule has 0 amide bonds. The summed E-state index contributed by atoms with van der Waals surface area (Å²) in [6, 6.07) is 0. The maximum absolute atomic E-state index is 12.4. The number of nitrogens with one attached hydrogen (secondary N) is 1. The molecule has 0 radical (unpaired) electrons. The molecule has 6 heteroatoms. The van der Waals surface area contributed by atoms with E-state index in [4.69, 9.17) is 11.1 Å². The average Bonchev–Trinajstić information content (AvgIpc) is 2.53. The van der Waals surface area contributed by atoms with E-state index >= 15 is 0 Å². The van der Waals surface area contributed by atoms with Gasteiger partial charge in [-0.1, -0.05) is 12.8 Å². The van der Waals surface area contributed by atoms with E-state index in [0.29, 0.717) is 5.25 Å². The Bertz CT molecular complexity index is 224. The predicted octanol–water partition coefficient (Wildman–Crippen LogP) is 2.78. The molecule has 1 aliphatic rings. The molecule has 0 heterocycles. The minimum Gasteiger partial charge on any atom is -0.387 e. The lowest BCUT2D eigenvalue weighted by molar-refractivity contribution is -0.150. The van der Waals surface area contributed by atoms with Crippen molar-refractivity contribution in [2.24, 2.45) is 11.7 Å². The van der Waals surface area contributed by atoms with Crippen LogP contribution in [0.2, 0.25) is 0 Å². The quantitative estimate of drug-likeness (QED) is 0.586. The van der Waals surface area contributed by atoms with Crippen LogP contribution in [0.15, 0.2) is 0 Å². The number of hydrogen-bond acceptors (Lipinski definition) is 2. The average molecular weight is 240 g/mol. The number of alkyl halides is 3. The number of halogens is 3. The van der Waals surface area contributed by atoms with Crippen LogP contribution in [-0.4, -0.2) is 23.0 Å². The number of nitrogens with two attached hydrogens (primary N) is 1. The highest BCUT2D eigenvalue weighted by atomic mass is 32.2. The second-order valence-corrected chi connectivity index (χ2v) is 5.12. The van der Waals surface area contributed by atoms with Gasteiger partial charge in [-0.3, -0.25) is 5.41 Å². The van der Waals surface area contributed by atoms with Crippen molar-refractivity contribution in [1.29, 1.82) is 5.41 Å². The molecule has 1 aliphatic carbocycles. The van der Waals surface area contributed by atoms with Crippen LogP contribution >= 0.6 is 11.8 Å². The van der Waals surface area contributed by atoms with Gasteiger partial charge >= 0.3 is 6.18 Å². The Morgan fingerprint density at radius 2 is 1.93 bits per heavy atom. The van der Waals surface area contributed by atoms with Gasteiger partial charge in [0, 0.05) is 11.0 Å². The van der Waals surface area contributed by atoms with E-state index in [1.54, 1.807) is 0 Å². The molecule has 0 aliphatic heterocycles. The first-order valence-electron chi connectivity index (χ1n) is 4.93. The van der Waals surface area contributed by atoms with Crippen molar-refractivity contribution in [2.75, 3.05) is 5.75 Å². The number of thioether (sulfide) groups is 1. The van der Waals surface area contributed by atoms with Crippen molar-refractivity contribution in [3.63, 3.8) is 0 Å². The van der Waals surface area contributed by atoms with E-state index in [1.807, 2.05) is 0 Å². The van der Waals surface area contributed by atoms with Crippen LogP contribution in [-0.2, 0) is 0 Å². The minimum atomic E-state index is -4.38. The molecule has 88 valence electrons. The molecule has 1 saturated carbocycles. The summed E-state index contributed by atoms with van der Waals surface area (Å²) < 4.78 is 37.2. The molecule has 0 saturated heterocycles. The summed E-state index contributed by atoms with van der Waals surface area (Å²) in [5, 5.41) is 7.25. The smallest absolute Gasteiger partial charge is 0.387 e. The Kier molecular flexibility index (Phi) is 4.31. The summed E-state index contributed by atoms with van der Waals surface area (Å²) in [5.74, 6) is -2.65. The van der Waals surface area contributed by atoms with Gasteiger partial charge < -0.3 is 5.73 Å². The summed E-state index contributed by atoms with van der Waals surface area (Å²) in [6.45, 7) is 0. The predicted molar refractivity (Wildman–Crippen MR) is 56.2 cm³/mol. The highest BCUT2D eigenvalue weighted by Crippen LogP contribution is 2.35. The van der Waals surface area contributed by atoms with E-state index in [-0.39, 0.29) is 5.75 Å². The van der Waals surface area contributed by atoms with E-state index < -0.39 is 17.9 Å². The molecule has 15 heavy (non-hydrogen) atoms. The van der Waals surface area contributed by atoms with Crippen LogP contribution in [0.3, 0.4) is 0 Å². The zero-order chi connectivity index (χ0) is 11.5. The van der Waals surface area contributed by atoms with Crippen LogP contribution in [0.4, 0.5) is 13.2 Å². The maximum atomic E-state index is 12.4. The molecular formula is C9H15F3N2S. The highest BCUT2D eigenvalue weighted by molar-refractivity contribution is 7.99. The number of rotatable bonds is 4. The van der Waals surface area contributed by atoms with Gasteiger partial charge in [-0.05, 0) is 12.8 Å². The van der Waals surface area contributed by atoms with Crippen LogP contribution in [0.1, 0.15) is 25.7 Å². The maximum Gasteiger partial charge on any atom is 0.399 e. The van der Waals surface area contributed by atoms with E-state index in [9.17, 15) is 13.2 Å². The van der Waals surface area contributed by atoms with Gasteiger partial charge in [-0.2, -0.15) is 24.9 Å². The van der Waals surface area contributed by atoms with Crippen molar-refractivity contribution in [3.05, 3.63) is 0 Å². The zero-order valence-corrected chi connectivity index (χ0v) is 9.13. The summed E-state index contributed by atoms with van der Waals surface area (Å²) >= 11 is 1.31. The van der Waals surface area contributed by atoms with Gasteiger partial charge in [0.1, 0.15) is 11.8 Å². The van der Waals surface area contributed by atoms with Gasteiger partial charge in [0.25, 0.3) is 0 Å². The fraction of sp³-hybridized carbons (Fsp3) is 0.889.